The monoisotopic (exact) mass is 374 g/mol. The highest BCUT2D eigenvalue weighted by molar-refractivity contribution is 5.95. The van der Waals surface area contributed by atoms with E-state index in [0.717, 1.165) is 22.6 Å². The normalized spacial score (nSPS) is 15.7. The fraction of sp³-hybridized carbons (Fsp3) is 0.0870. The van der Waals surface area contributed by atoms with Gasteiger partial charge in [0.05, 0.1) is 18.8 Å². The minimum atomic E-state index is -0.374. The first-order valence-corrected chi connectivity index (χ1v) is 8.92. The molecule has 5 heteroatoms. The number of benzene rings is 3. The van der Waals surface area contributed by atoms with Gasteiger partial charge in [0.15, 0.2) is 0 Å². The Morgan fingerprint density at radius 2 is 1.64 bits per heavy atom. The van der Waals surface area contributed by atoms with E-state index in [0.29, 0.717) is 5.56 Å². The second-order valence-electron chi connectivity index (χ2n) is 6.46. The van der Waals surface area contributed by atoms with Crippen molar-refractivity contribution in [3.63, 3.8) is 0 Å². The SMILES string of the molecule is COc1ccc(C2C=C(c3ccccc3)NN2C(=O)c2ccc(F)cc2)cc1. The molecule has 1 unspecified atom stereocenters. The van der Waals surface area contributed by atoms with E-state index in [2.05, 4.69) is 5.43 Å². The maximum atomic E-state index is 13.3. The van der Waals surface area contributed by atoms with Gasteiger partial charge in [-0.3, -0.25) is 10.2 Å². The van der Waals surface area contributed by atoms with Gasteiger partial charge in [-0.2, -0.15) is 0 Å². The lowest BCUT2D eigenvalue weighted by atomic mass is 10.0. The molecule has 0 aromatic heterocycles. The first-order chi connectivity index (χ1) is 13.7. The number of methoxy groups -OCH3 is 1. The first kappa shape index (κ1) is 17.8. The summed E-state index contributed by atoms with van der Waals surface area (Å²) >= 11 is 0. The van der Waals surface area contributed by atoms with Crippen LogP contribution >= 0.6 is 0 Å². The Kier molecular flexibility index (Phi) is 4.81. The lowest BCUT2D eigenvalue weighted by Crippen LogP contribution is -2.39. The molecule has 3 aromatic carbocycles. The zero-order valence-electron chi connectivity index (χ0n) is 15.3. The van der Waals surface area contributed by atoms with Crippen LogP contribution < -0.4 is 10.2 Å². The first-order valence-electron chi connectivity index (χ1n) is 8.92. The highest BCUT2D eigenvalue weighted by atomic mass is 19.1. The number of amides is 1. The maximum Gasteiger partial charge on any atom is 0.273 e. The minimum absolute atomic E-state index is 0.233. The van der Waals surface area contributed by atoms with E-state index in [9.17, 15) is 9.18 Å². The largest absolute Gasteiger partial charge is 0.497 e. The molecule has 1 N–H and O–H groups in total. The Labute approximate surface area is 162 Å². The van der Waals surface area contributed by atoms with Crippen LogP contribution in [-0.2, 0) is 0 Å². The number of hydrogen-bond donors (Lipinski definition) is 1. The third kappa shape index (κ3) is 3.47. The number of carbonyl (C=O) groups excluding carboxylic acids is 1. The summed E-state index contributed by atoms with van der Waals surface area (Å²) in [5.74, 6) is 0.141. The van der Waals surface area contributed by atoms with E-state index < -0.39 is 0 Å². The molecule has 28 heavy (non-hydrogen) atoms. The van der Waals surface area contributed by atoms with Crippen molar-refractivity contribution in [1.29, 1.82) is 0 Å². The number of ether oxygens (including phenoxy) is 1. The zero-order chi connectivity index (χ0) is 19.5. The standard InChI is InChI=1S/C23H19FN2O2/c1-28-20-13-9-17(10-14-20)22-15-21(16-5-3-2-4-6-16)25-26(22)23(27)18-7-11-19(24)12-8-18/h2-15,22,25H,1H3. The number of hydrazine groups is 1. The van der Waals surface area contributed by atoms with Crippen molar-refractivity contribution in [3.05, 3.63) is 107 Å². The summed E-state index contributed by atoms with van der Waals surface area (Å²) in [6.45, 7) is 0. The van der Waals surface area contributed by atoms with E-state index in [1.807, 2.05) is 60.7 Å². The van der Waals surface area contributed by atoms with Crippen molar-refractivity contribution in [2.24, 2.45) is 0 Å². The predicted octanol–water partition coefficient (Wildman–Crippen LogP) is 4.58. The van der Waals surface area contributed by atoms with Crippen molar-refractivity contribution in [3.8, 4) is 5.75 Å². The molecule has 1 amide bonds. The number of halogens is 1. The third-order valence-electron chi connectivity index (χ3n) is 4.70. The lowest BCUT2D eigenvalue weighted by molar-refractivity contribution is 0.0672. The number of rotatable bonds is 4. The molecule has 0 bridgehead atoms. The predicted molar refractivity (Wildman–Crippen MR) is 106 cm³/mol. The second kappa shape index (κ2) is 7.56. The fourth-order valence-electron chi connectivity index (χ4n) is 3.20. The molecule has 4 nitrogen and oxygen atoms in total. The van der Waals surface area contributed by atoms with Gasteiger partial charge in [-0.25, -0.2) is 9.40 Å². The van der Waals surface area contributed by atoms with Crippen LogP contribution in [0.25, 0.3) is 5.70 Å². The van der Waals surface area contributed by atoms with Crippen LogP contribution in [0.3, 0.4) is 0 Å². The Hall–Kier alpha value is -3.60. The highest BCUT2D eigenvalue weighted by Crippen LogP contribution is 2.33. The fourth-order valence-corrected chi connectivity index (χ4v) is 3.20. The molecular formula is C23H19FN2O2. The number of hydrogen-bond acceptors (Lipinski definition) is 3. The maximum absolute atomic E-state index is 13.3. The van der Waals surface area contributed by atoms with Gasteiger partial charge in [0, 0.05) is 5.56 Å². The van der Waals surface area contributed by atoms with Crippen LogP contribution in [0.2, 0.25) is 0 Å². The summed E-state index contributed by atoms with van der Waals surface area (Å²) in [4.78, 5) is 13.1. The van der Waals surface area contributed by atoms with Crippen LogP contribution in [-0.4, -0.2) is 18.0 Å². The average molecular weight is 374 g/mol. The molecule has 1 aliphatic rings. The molecule has 4 rings (SSSR count). The molecule has 0 spiro atoms. The Bertz CT molecular complexity index is 999. The van der Waals surface area contributed by atoms with Gasteiger partial charge in [0.1, 0.15) is 11.6 Å². The van der Waals surface area contributed by atoms with Gasteiger partial charge in [0.25, 0.3) is 5.91 Å². The van der Waals surface area contributed by atoms with Crippen LogP contribution in [0.5, 0.6) is 5.75 Å². The number of nitrogens with one attached hydrogen (secondary N) is 1. The zero-order valence-corrected chi connectivity index (χ0v) is 15.3. The molecule has 1 heterocycles. The van der Waals surface area contributed by atoms with Crippen LogP contribution in [0.15, 0.2) is 84.9 Å². The average Bonchev–Trinajstić information content (AvgIpc) is 3.20. The molecular weight excluding hydrogens is 355 g/mol. The van der Waals surface area contributed by atoms with Gasteiger partial charge < -0.3 is 4.74 Å². The number of nitrogens with zero attached hydrogens (tertiary/aromatic N) is 1. The van der Waals surface area contributed by atoms with Gasteiger partial charge in [0.2, 0.25) is 0 Å². The van der Waals surface area contributed by atoms with Gasteiger partial charge in [-0.1, -0.05) is 42.5 Å². The molecule has 1 atom stereocenters. The van der Waals surface area contributed by atoms with Crippen molar-refractivity contribution in [2.45, 2.75) is 6.04 Å². The third-order valence-corrected chi connectivity index (χ3v) is 4.70. The molecule has 0 aliphatic carbocycles. The Morgan fingerprint density at radius 3 is 2.29 bits per heavy atom. The summed E-state index contributed by atoms with van der Waals surface area (Å²) in [6.07, 6.45) is 2.01. The van der Waals surface area contributed by atoms with E-state index in [1.54, 1.807) is 12.1 Å². The van der Waals surface area contributed by atoms with Crippen molar-refractivity contribution < 1.29 is 13.9 Å². The number of carbonyl (C=O) groups is 1. The Balaban J connectivity index is 1.70. The topological polar surface area (TPSA) is 41.6 Å². The van der Waals surface area contributed by atoms with E-state index in [4.69, 9.17) is 4.74 Å². The van der Waals surface area contributed by atoms with Gasteiger partial charge in [-0.15, -0.1) is 0 Å². The molecule has 3 aromatic rings. The molecule has 0 saturated heterocycles. The summed E-state index contributed by atoms with van der Waals surface area (Å²) in [7, 11) is 1.61. The van der Waals surface area contributed by atoms with Gasteiger partial charge >= 0.3 is 0 Å². The van der Waals surface area contributed by atoms with Crippen molar-refractivity contribution in [1.82, 2.24) is 10.4 Å². The Morgan fingerprint density at radius 1 is 0.964 bits per heavy atom. The summed E-state index contributed by atoms with van der Waals surface area (Å²) in [6, 6.07) is 22.7. The minimum Gasteiger partial charge on any atom is -0.497 e. The highest BCUT2D eigenvalue weighted by Gasteiger charge is 2.31. The molecule has 0 saturated carbocycles. The van der Waals surface area contributed by atoms with E-state index >= 15 is 0 Å². The second-order valence-corrected chi connectivity index (χ2v) is 6.46. The van der Waals surface area contributed by atoms with E-state index in [1.165, 1.54) is 24.3 Å². The molecule has 1 aliphatic heterocycles. The van der Waals surface area contributed by atoms with E-state index in [-0.39, 0.29) is 17.8 Å². The summed E-state index contributed by atoms with van der Waals surface area (Å²) in [5, 5.41) is 1.57. The molecule has 0 fully saturated rings. The quantitative estimate of drug-likeness (QED) is 0.727. The lowest BCUT2D eigenvalue weighted by Gasteiger charge is -2.25. The smallest absolute Gasteiger partial charge is 0.273 e. The van der Waals surface area contributed by atoms with Crippen molar-refractivity contribution in [2.75, 3.05) is 7.11 Å². The van der Waals surface area contributed by atoms with Crippen LogP contribution in [0.1, 0.15) is 27.5 Å². The van der Waals surface area contributed by atoms with Crippen LogP contribution in [0.4, 0.5) is 4.39 Å². The summed E-state index contributed by atoms with van der Waals surface area (Å²) < 4.78 is 18.5. The molecule has 0 radical (unpaired) electrons. The van der Waals surface area contributed by atoms with Crippen molar-refractivity contribution >= 4 is 11.6 Å². The summed E-state index contributed by atoms with van der Waals surface area (Å²) in [5.41, 5.74) is 6.40. The van der Waals surface area contributed by atoms with Gasteiger partial charge in [-0.05, 0) is 53.6 Å². The van der Waals surface area contributed by atoms with Crippen LogP contribution in [0, 0.1) is 5.82 Å². The molecule has 140 valence electrons.